The van der Waals surface area contributed by atoms with Gasteiger partial charge in [-0.25, -0.2) is 0 Å². The molecular weight excluding hydrogens is 348 g/mol. The number of pyridine rings is 1. The molecule has 106 valence electrons. The van der Waals surface area contributed by atoms with Crippen molar-refractivity contribution in [1.82, 2.24) is 4.98 Å². The van der Waals surface area contributed by atoms with Crippen LogP contribution in [0.3, 0.4) is 0 Å². The molecule has 0 aliphatic rings. The molecule has 2 nitrogen and oxygen atoms in total. The quantitative estimate of drug-likeness (QED) is 0.697. The Morgan fingerprint density at radius 2 is 1.90 bits per heavy atom. The molecule has 0 aliphatic carbocycles. The molecule has 3 rings (SSSR count). The normalized spacial score (nSPS) is 12.6. The van der Waals surface area contributed by atoms with Crippen molar-refractivity contribution in [3.63, 3.8) is 0 Å². The second-order valence-electron chi connectivity index (χ2n) is 5.05. The molecule has 1 aromatic heterocycles. The summed E-state index contributed by atoms with van der Waals surface area (Å²) in [4.78, 5) is 4.51. The predicted molar refractivity (Wildman–Crippen MR) is 91.7 cm³/mol. The molecule has 1 atom stereocenters. The van der Waals surface area contributed by atoms with Crippen LogP contribution in [0.2, 0.25) is 5.02 Å². The number of aromatic nitrogens is 1. The van der Waals surface area contributed by atoms with E-state index in [1.165, 1.54) is 0 Å². The van der Waals surface area contributed by atoms with Gasteiger partial charge in [-0.3, -0.25) is 4.98 Å². The number of fused-ring (bicyclic) bond motifs is 1. The number of nitrogens with zero attached hydrogens (tertiary/aromatic N) is 1. The van der Waals surface area contributed by atoms with Gasteiger partial charge in [0.2, 0.25) is 0 Å². The molecule has 2 aromatic carbocycles. The van der Waals surface area contributed by atoms with Crippen molar-refractivity contribution in [1.29, 1.82) is 0 Å². The van der Waals surface area contributed by atoms with Crippen LogP contribution in [0, 0.1) is 6.92 Å². The van der Waals surface area contributed by atoms with Crippen LogP contribution in [0.1, 0.15) is 22.9 Å². The lowest BCUT2D eigenvalue weighted by Crippen LogP contribution is -2.12. The maximum Gasteiger partial charge on any atom is 0.0705 e. The maximum atomic E-state index is 6.38. The molecule has 0 spiro atoms. The first-order valence-electron chi connectivity index (χ1n) is 6.62. The fourth-order valence-corrected chi connectivity index (χ4v) is 2.99. The van der Waals surface area contributed by atoms with Gasteiger partial charge in [-0.05, 0) is 54.4 Å². The van der Waals surface area contributed by atoms with E-state index in [0.717, 1.165) is 32.2 Å². The van der Waals surface area contributed by atoms with Crippen LogP contribution in [0.4, 0.5) is 0 Å². The Morgan fingerprint density at radius 3 is 2.71 bits per heavy atom. The molecule has 2 N–H and O–H groups in total. The summed E-state index contributed by atoms with van der Waals surface area (Å²) in [5.74, 6) is 0. The fraction of sp³-hybridized carbons (Fsp3) is 0.118. The Hall–Kier alpha value is -1.42. The van der Waals surface area contributed by atoms with Crippen LogP contribution < -0.4 is 5.73 Å². The average molecular weight is 362 g/mol. The van der Waals surface area contributed by atoms with Crippen LogP contribution >= 0.6 is 27.5 Å². The molecule has 0 saturated carbocycles. The van der Waals surface area contributed by atoms with E-state index in [0.29, 0.717) is 5.02 Å². The molecular formula is C17H14BrClN2. The first-order chi connectivity index (χ1) is 10.0. The zero-order valence-electron chi connectivity index (χ0n) is 11.5. The summed E-state index contributed by atoms with van der Waals surface area (Å²) in [5.41, 5.74) is 10.3. The van der Waals surface area contributed by atoms with Crippen LogP contribution in [-0.2, 0) is 0 Å². The van der Waals surface area contributed by atoms with Crippen molar-refractivity contribution in [2.45, 2.75) is 13.0 Å². The summed E-state index contributed by atoms with van der Waals surface area (Å²) in [7, 11) is 0. The smallest absolute Gasteiger partial charge is 0.0705 e. The molecule has 0 aliphatic heterocycles. The highest BCUT2D eigenvalue weighted by molar-refractivity contribution is 9.10. The van der Waals surface area contributed by atoms with Crippen LogP contribution in [0.5, 0.6) is 0 Å². The van der Waals surface area contributed by atoms with E-state index in [9.17, 15) is 0 Å². The number of aryl methyl sites for hydroxylation is 1. The van der Waals surface area contributed by atoms with Crippen molar-refractivity contribution in [2.75, 3.05) is 0 Å². The van der Waals surface area contributed by atoms with E-state index in [-0.39, 0.29) is 6.04 Å². The van der Waals surface area contributed by atoms with Crippen molar-refractivity contribution in [3.05, 3.63) is 74.8 Å². The lowest BCUT2D eigenvalue weighted by molar-refractivity contribution is 0.872. The van der Waals surface area contributed by atoms with Crippen LogP contribution in [-0.4, -0.2) is 4.98 Å². The van der Waals surface area contributed by atoms with Gasteiger partial charge in [0, 0.05) is 20.6 Å². The summed E-state index contributed by atoms with van der Waals surface area (Å²) in [6, 6.07) is 15.6. The number of nitrogens with two attached hydrogens (primary N) is 1. The van der Waals surface area contributed by atoms with Crippen LogP contribution in [0.15, 0.2) is 53.0 Å². The summed E-state index contributed by atoms with van der Waals surface area (Å²) < 4.78 is 0.968. The van der Waals surface area contributed by atoms with Gasteiger partial charge in [0.05, 0.1) is 11.6 Å². The molecule has 0 saturated heterocycles. The minimum absolute atomic E-state index is 0.263. The van der Waals surface area contributed by atoms with E-state index in [1.807, 2.05) is 43.3 Å². The standard InChI is InChI=1S/C17H14BrClN2/c1-10-2-3-11-8-12(4-7-16(11)21-10)17(20)14-9-13(18)5-6-15(14)19/h2-9,17H,20H2,1H3. The SMILES string of the molecule is Cc1ccc2cc(C(N)c3cc(Br)ccc3Cl)ccc2n1. The van der Waals surface area contributed by atoms with Crippen LogP contribution in [0.25, 0.3) is 10.9 Å². The van der Waals surface area contributed by atoms with E-state index in [4.69, 9.17) is 17.3 Å². The number of benzene rings is 2. The largest absolute Gasteiger partial charge is 0.320 e. The Balaban J connectivity index is 2.07. The Bertz CT molecular complexity index is 817. The average Bonchev–Trinajstić information content (AvgIpc) is 2.48. The first-order valence-corrected chi connectivity index (χ1v) is 7.79. The highest BCUT2D eigenvalue weighted by atomic mass is 79.9. The molecule has 4 heteroatoms. The number of hydrogen-bond acceptors (Lipinski definition) is 2. The van der Waals surface area contributed by atoms with Crippen molar-refractivity contribution in [3.8, 4) is 0 Å². The van der Waals surface area contributed by atoms with Crippen molar-refractivity contribution >= 4 is 38.4 Å². The zero-order valence-corrected chi connectivity index (χ0v) is 13.8. The molecule has 1 unspecified atom stereocenters. The van der Waals surface area contributed by atoms with Gasteiger partial charge in [-0.2, -0.15) is 0 Å². The maximum absolute atomic E-state index is 6.38. The minimum atomic E-state index is -0.263. The fourth-order valence-electron chi connectivity index (χ4n) is 2.37. The van der Waals surface area contributed by atoms with Gasteiger partial charge >= 0.3 is 0 Å². The third-order valence-corrected chi connectivity index (χ3v) is 4.34. The van der Waals surface area contributed by atoms with E-state index >= 15 is 0 Å². The molecule has 0 amide bonds. The molecule has 0 fully saturated rings. The zero-order chi connectivity index (χ0) is 15.0. The predicted octanol–water partition coefficient (Wildman–Crippen LogP) is 5.01. The minimum Gasteiger partial charge on any atom is -0.320 e. The molecule has 1 heterocycles. The molecule has 0 radical (unpaired) electrons. The second-order valence-corrected chi connectivity index (χ2v) is 6.37. The topological polar surface area (TPSA) is 38.9 Å². The van der Waals surface area contributed by atoms with Gasteiger partial charge in [0.15, 0.2) is 0 Å². The lowest BCUT2D eigenvalue weighted by Gasteiger charge is -2.15. The van der Waals surface area contributed by atoms with Gasteiger partial charge in [0.1, 0.15) is 0 Å². The summed E-state index contributed by atoms with van der Waals surface area (Å²) in [6.45, 7) is 1.99. The first kappa shape index (κ1) is 14.5. The summed E-state index contributed by atoms with van der Waals surface area (Å²) in [5, 5.41) is 1.76. The number of rotatable bonds is 2. The third kappa shape index (κ3) is 2.95. The number of hydrogen-bond donors (Lipinski definition) is 1. The Morgan fingerprint density at radius 1 is 1.10 bits per heavy atom. The highest BCUT2D eigenvalue weighted by Gasteiger charge is 2.13. The third-order valence-electron chi connectivity index (χ3n) is 3.50. The molecule has 3 aromatic rings. The van der Waals surface area contributed by atoms with E-state index in [2.05, 4.69) is 33.0 Å². The van der Waals surface area contributed by atoms with Gasteiger partial charge in [-0.15, -0.1) is 0 Å². The number of halogens is 2. The molecule has 0 bridgehead atoms. The monoisotopic (exact) mass is 360 g/mol. The van der Waals surface area contributed by atoms with Crippen molar-refractivity contribution in [2.24, 2.45) is 5.73 Å². The van der Waals surface area contributed by atoms with E-state index < -0.39 is 0 Å². The van der Waals surface area contributed by atoms with E-state index in [1.54, 1.807) is 0 Å². The lowest BCUT2D eigenvalue weighted by atomic mass is 9.98. The summed E-state index contributed by atoms with van der Waals surface area (Å²) >= 11 is 9.73. The van der Waals surface area contributed by atoms with Gasteiger partial charge < -0.3 is 5.73 Å². The Labute approximate surface area is 137 Å². The van der Waals surface area contributed by atoms with Crippen molar-refractivity contribution < 1.29 is 0 Å². The van der Waals surface area contributed by atoms with Gasteiger partial charge in [-0.1, -0.05) is 39.7 Å². The second kappa shape index (κ2) is 5.76. The Kier molecular flexibility index (Phi) is 3.98. The van der Waals surface area contributed by atoms with Gasteiger partial charge in [0.25, 0.3) is 0 Å². The summed E-state index contributed by atoms with van der Waals surface area (Å²) in [6.07, 6.45) is 0. The highest BCUT2D eigenvalue weighted by Crippen LogP contribution is 2.30. The molecule has 21 heavy (non-hydrogen) atoms.